The second-order valence-electron chi connectivity index (χ2n) is 6.29. The molecule has 0 saturated heterocycles. The summed E-state index contributed by atoms with van der Waals surface area (Å²) in [5.74, 6) is 0.936. The van der Waals surface area contributed by atoms with Crippen LogP contribution in [-0.4, -0.2) is 22.4 Å². The molecule has 1 aromatic carbocycles. The van der Waals surface area contributed by atoms with Crippen LogP contribution in [0.2, 0.25) is 0 Å². The van der Waals surface area contributed by atoms with Crippen LogP contribution in [0, 0.1) is 26.7 Å². The first kappa shape index (κ1) is 16.9. The van der Waals surface area contributed by atoms with E-state index >= 15 is 0 Å². The first-order chi connectivity index (χ1) is 10.9. The molecule has 5 heteroatoms. The third kappa shape index (κ3) is 4.52. The second-order valence-corrected chi connectivity index (χ2v) is 6.29. The summed E-state index contributed by atoms with van der Waals surface area (Å²) >= 11 is 0. The second kappa shape index (κ2) is 7.22. The lowest BCUT2D eigenvalue weighted by Crippen LogP contribution is -2.17. The van der Waals surface area contributed by atoms with Gasteiger partial charge in [-0.15, -0.1) is 0 Å². The van der Waals surface area contributed by atoms with Crippen molar-refractivity contribution in [3.63, 3.8) is 0 Å². The average molecular weight is 312 g/mol. The smallest absolute Gasteiger partial charge is 0.274 e. The molecule has 2 rings (SSSR count). The zero-order chi connectivity index (χ0) is 17.0. The molecule has 0 radical (unpaired) electrons. The zero-order valence-electron chi connectivity index (χ0n) is 14.4. The van der Waals surface area contributed by atoms with Crippen molar-refractivity contribution in [3.05, 3.63) is 46.9 Å². The predicted octanol–water partition coefficient (Wildman–Crippen LogP) is 3.72. The van der Waals surface area contributed by atoms with E-state index in [-0.39, 0.29) is 5.91 Å². The summed E-state index contributed by atoms with van der Waals surface area (Å²) in [5.41, 5.74) is 4.47. The Balaban J connectivity index is 2.17. The van der Waals surface area contributed by atoms with E-state index in [1.165, 1.54) is 11.9 Å². The lowest BCUT2D eigenvalue weighted by molar-refractivity contribution is 0.102. The molecule has 5 nitrogen and oxygen atoms in total. The van der Waals surface area contributed by atoms with Gasteiger partial charge in [-0.3, -0.25) is 4.79 Å². The van der Waals surface area contributed by atoms with E-state index in [2.05, 4.69) is 46.6 Å². The van der Waals surface area contributed by atoms with Crippen LogP contribution in [0.15, 0.2) is 24.5 Å². The Kier molecular flexibility index (Phi) is 5.32. The van der Waals surface area contributed by atoms with Gasteiger partial charge < -0.3 is 10.6 Å². The average Bonchev–Trinajstić information content (AvgIpc) is 2.49. The van der Waals surface area contributed by atoms with Crippen LogP contribution in [0.25, 0.3) is 0 Å². The van der Waals surface area contributed by atoms with Gasteiger partial charge in [0.1, 0.15) is 17.8 Å². The molecule has 0 unspecified atom stereocenters. The highest BCUT2D eigenvalue weighted by atomic mass is 16.1. The van der Waals surface area contributed by atoms with Gasteiger partial charge in [0.2, 0.25) is 0 Å². The topological polar surface area (TPSA) is 66.9 Å². The number of carbonyl (C=O) groups is 1. The number of rotatable bonds is 5. The molecule has 1 heterocycles. The van der Waals surface area contributed by atoms with E-state index in [0.29, 0.717) is 17.4 Å². The highest BCUT2D eigenvalue weighted by Crippen LogP contribution is 2.22. The van der Waals surface area contributed by atoms with Crippen LogP contribution >= 0.6 is 0 Å². The van der Waals surface area contributed by atoms with Crippen molar-refractivity contribution < 1.29 is 4.79 Å². The third-order valence-corrected chi connectivity index (χ3v) is 3.51. The van der Waals surface area contributed by atoms with Gasteiger partial charge in [-0.1, -0.05) is 31.5 Å². The van der Waals surface area contributed by atoms with Crippen molar-refractivity contribution in [2.75, 3.05) is 17.2 Å². The van der Waals surface area contributed by atoms with Crippen molar-refractivity contribution in [3.8, 4) is 0 Å². The Hall–Kier alpha value is -2.43. The van der Waals surface area contributed by atoms with E-state index in [0.717, 1.165) is 23.4 Å². The predicted molar refractivity (Wildman–Crippen MR) is 94.0 cm³/mol. The number of nitrogens with one attached hydrogen (secondary N) is 2. The molecule has 0 fully saturated rings. The normalized spacial score (nSPS) is 10.7. The van der Waals surface area contributed by atoms with E-state index in [4.69, 9.17) is 0 Å². The molecule has 0 bridgehead atoms. The van der Waals surface area contributed by atoms with E-state index in [1.807, 2.05) is 20.8 Å². The van der Waals surface area contributed by atoms with Gasteiger partial charge in [0.05, 0.1) is 0 Å². The van der Waals surface area contributed by atoms with Gasteiger partial charge in [-0.25, -0.2) is 9.97 Å². The minimum atomic E-state index is -0.227. The maximum Gasteiger partial charge on any atom is 0.274 e. The number of nitrogens with zero attached hydrogens (tertiary/aromatic N) is 2. The maximum atomic E-state index is 12.5. The van der Waals surface area contributed by atoms with Crippen LogP contribution in [0.4, 0.5) is 11.5 Å². The number of carbonyl (C=O) groups excluding carboxylic acids is 1. The van der Waals surface area contributed by atoms with Crippen LogP contribution in [0.1, 0.15) is 41.0 Å². The van der Waals surface area contributed by atoms with E-state index in [9.17, 15) is 4.79 Å². The number of amides is 1. The summed E-state index contributed by atoms with van der Waals surface area (Å²) in [6.07, 6.45) is 1.41. The molecular formula is C18H24N4O. The largest absolute Gasteiger partial charge is 0.370 e. The van der Waals surface area contributed by atoms with Crippen molar-refractivity contribution in [1.29, 1.82) is 0 Å². The number of anilines is 2. The SMILES string of the molecule is Cc1cc(C)c(NC(=O)c2cc(NCC(C)C)ncn2)c(C)c1. The molecule has 2 aromatic rings. The van der Waals surface area contributed by atoms with Gasteiger partial charge >= 0.3 is 0 Å². The third-order valence-electron chi connectivity index (χ3n) is 3.51. The van der Waals surface area contributed by atoms with E-state index in [1.54, 1.807) is 6.07 Å². The fraction of sp³-hybridized carbons (Fsp3) is 0.389. The van der Waals surface area contributed by atoms with Crippen molar-refractivity contribution in [2.45, 2.75) is 34.6 Å². The number of hydrogen-bond donors (Lipinski definition) is 2. The highest BCUT2D eigenvalue weighted by molar-refractivity contribution is 6.04. The molecular weight excluding hydrogens is 288 g/mol. The van der Waals surface area contributed by atoms with Gasteiger partial charge in [0.25, 0.3) is 5.91 Å². The number of aryl methyl sites for hydroxylation is 3. The molecule has 1 amide bonds. The maximum absolute atomic E-state index is 12.5. The Labute approximate surface area is 137 Å². The van der Waals surface area contributed by atoms with Gasteiger partial charge in [-0.05, 0) is 37.8 Å². The molecule has 0 aliphatic carbocycles. The minimum absolute atomic E-state index is 0.227. The summed E-state index contributed by atoms with van der Waals surface area (Å²) in [6.45, 7) is 11.1. The Bertz CT molecular complexity index is 687. The summed E-state index contributed by atoms with van der Waals surface area (Å²) in [5, 5.41) is 6.16. The zero-order valence-corrected chi connectivity index (χ0v) is 14.4. The Morgan fingerprint density at radius 1 is 1.09 bits per heavy atom. The summed E-state index contributed by atoms with van der Waals surface area (Å²) < 4.78 is 0. The van der Waals surface area contributed by atoms with Crippen molar-refractivity contribution in [2.24, 2.45) is 5.92 Å². The number of hydrogen-bond acceptors (Lipinski definition) is 4. The Morgan fingerprint density at radius 3 is 2.35 bits per heavy atom. The fourth-order valence-corrected chi connectivity index (χ4v) is 2.44. The van der Waals surface area contributed by atoms with Crippen molar-refractivity contribution in [1.82, 2.24) is 9.97 Å². The standard InChI is InChI=1S/C18H24N4O/c1-11(2)9-19-16-8-15(20-10-21-16)18(23)22-17-13(4)6-12(3)7-14(17)5/h6-8,10-11H,9H2,1-5H3,(H,22,23)(H,19,20,21). The molecule has 1 aromatic heterocycles. The molecule has 2 N–H and O–H groups in total. The van der Waals surface area contributed by atoms with Crippen LogP contribution in [-0.2, 0) is 0 Å². The number of aromatic nitrogens is 2. The minimum Gasteiger partial charge on any atom is -0.370 e. The first-order valence-electron chi connectivity index (χ1n) is 7.82. The first-order valence-corrected chi connectivity index (χ1v) is 7.82. The lowest BCUT2D eigenvalue weighted by Gasteiger charge is -2.13. The van der Waals surface area contributed by atoms with Gasteiger partial charge in [0, 0.05) is 18.3 Å². The Morgan fingerprint density at radius 2 is 1.74 bits per heavy atom. The van der Waals surface area contributed by atoms with Crippen LogP contribution in [0.3, 0.4) is 0 Å². The summed E-state index contributed by atoms with van der Waals surface area (Å²) in [7, 11) is 0. The van der Waals surface area contributed by atoms with E-state index < -0.39 is 0 Å². The summed E-state index contributed by atoms with van der Waals surface area (Å²) in [6, 6.07) is 5.78. The molecule has 0 aliphatic heterocycles. The molecule has 23 heavy (non-hydrogen) atoms. The molecule has 0 aliphatic rings. The molecule has 0 saturated carbocycles. The van der Waals surface area contributed by atoms with Crippen molar-refractivity contribution >= 4 is 17.4 Å². The molecule has 122 valence electrons. The summed E-state index contributed by atoms with van der Waals surface area (Å²) in [4.78, 5) is 20.7. The monoisotopic (exact) mass is 312 g/mol. The number of benzene rings is 1. The van der Waals surface area contributed by atoms with Gasteiger partial charge in [0.15, 0.2) is 0 Å². The molecule has 0 atom stereocenters. The van der Waals surface area contributed by atoms with Crippen LogP contribution < -0.4 is 10.6 Å². The van der Waals surface area contributed by atoms with Crippen LogP contribution in [0.5, 0.6) is 0 Å². The van der Waals surface area contributed by atoms with Gasteiger partial charge in [-0.2, -0.15) is 0 Å². The highest BCUT2D eigenvalue weighted by Gasteiger charge is 2.12. The fourth-order valence-electron chi connectivity index (χ4n) is 2.44. The molecule has 0 spiro atoms. The quantitative estimate of drug-likeness (QED) is 0.883. The lowest BCUT2D eigenvalue weighted by atomic mass is 10.0.